The molecule has 0 bridgehead atoms. The number of hydrogen-bond acceptors (Lipinski definition) is 2. The predicted octanol–water partition coefficient (Wildman–Crippen LogP) is 4.52. The number of nitrogens with zero attached hydrogens (tertiary/aromatic N) is 1. The first kappa shape index (κ1) is 16.0. The molecule has 19 heavy (non-hydrogen) atoms. The minimum absolute atomic E-state index is 1.01. The van der Waals surface area contributed by atoms with Crippen molar-refractivity contribution < 1.29 is 0 Å². The average Bonchev–Trinajstić information content (AvgIpc) is 2.39. The molecule has 0 fully saturated rings. The lowest BCUT2D eigenvalue weighted by Crippen LogP contribution is -2.10. The molecular weight excluding hydrogens is 232 g/mol. The Morgan fingerprint density at radius 1 is 0.895 bits per heavy atom. The second-order valence-corrected chi connectivity index (χ2v) is 5.63. The Morgan fingerprint density at radius 3 is 2.16 bits per heavy atom. The lowest BCUT2D eigenvalue weighted by Gasteiger charge is -2.11. The van der Waals surface area contributed by atoms with Crippen LogP contribution in [-0.4, -0.2) is 25.5 Å². The van der Waals surface area contributed by atoms with Crippen LogP contribution in [-0.2, 0) is 6.54 Å². The SMILES string of the molecule is CCCCCCCCNc1ccc(CN(C)C)cc1. The summed E-state index contributed by atoms with van der Waals surface area (Å²) < 4.78 is 0. The number of benzene rings is 1. The van der Waals surface area contributed by atoms with E-state index >= 15 is 0 Å². The van der Waals surface area contributed by atoms with Crippen molar-refractivity contribution in [2.45, 2.75) is 52.0 Å². The Morgan fingerprint density at radius 2 is 1.53 bits per heavy atom. The molecule has 0 saturated heterocycles. The van der Waals surface area contributed by atoms with Gasteiger partial charge in [-0.15, -0.1) is 0 Å². The number of unbranched alkanes of at least 4 members (excludes halogenated alkanes) is 5. The third-order valence-electron chi connectivity index (χ3n) is 3.31. The number of rotatable bonds is 10. The summed E-state index contributed by atoms with van der Waals surface area (Å²) >= 11 is 0. The van der Waals surface area contributed by atoms with Gasteiger partial charge in [-0.1, -0.05) is 51.2 Å². The third-order valence-corrected chi connectivity index (χ3v) is 3.31. The van der Waals surface area contributed by atoms with Gasteiger partial charge in [0.25, 0.3) is 0 Å². The van der Waals surface area contributed by atoms with E-state index in [4.69, 9.17) is 0 Å². The van der Waals surface area contributed by atoms with Gasteiger partial charge in [-0.3, -0.25) is 0 Å². The van der Waals surface area contributed by atoms with Crippen molar-refractivity contribution in [2.24, 2.45) is 0 Å². The molecule has 2 heteroatoms. The van der Waals surface area contributed by atoms with Gasteiger partial charge in [-0.05, 0) is 38.2 Å². The Labute approximate surface area is 119 Å². The topological polar surface area (TPSA) is 15.3 Å². The highest BCUT2D eigenvalue weighted by Crippen LogP contribution is 2.11. The van der Waals surface area contributed by atoms with Gasteiger partial charge in [0.05, 0.1) is 0 Å². The molecule has 0 aliphatic rings. The second-order valence-electron chi connectivity index (χ2n) is 5.63. The molecule has 0 aliphatic carbocycles. The highest BCUT2D eigenvalue weighted by molar-refractivity contribution is 5.44. The zero-order valence-electron chi connectivity index (χ0n) is 12.9. The number of nitrogens with one attached hydrogen (secondary N) is 1. The van der Waals surface area contributed by atoms with Crippen molar-refractivity contribution in [2.75, 3.05) is 26.0 Å². The van der Waals surface area contributed by atoms with E-state index in [2.05, 4.69) is 55.5 Å². The monoisotopic (exact) mass is 262 g/mol. The number of anilines is 1. The molecule has 0 spiro atoms. The normalized spacial score (nSPS) is 10.9. The molecule has 0 aromatic heterocycles. The van der Waals surface area contributed by atoms with E-state index in [1.54, 1.807) is 0 Å². The first-order chi connectivity index (χ1) is 9.22. The van der Waals surface area contributed by atoms with Crippen LogP contribution in [0.5, 0.6) is 0 Å². The van der Waals surface area contributed by atoms with Crippen LogP contribution in [0.4, 0.5) is 5.69 Å². The van der Waals surface area contributed by atoms with Crippen LogP contribution in [0.25, 0.3) is 0 Å². The fourth-order valence-electron chi connectivity index (χ4n) is 2.23. The fraction of sp³-hybridized carbons (Fsp3) is 0.647. The standard InChI is InChI=1S/C17H30N2/c1-4-5-6-7-8-9-14-18-17-12-10-16(11-13-17)15-19(2)3/h10-13,18H,4-9,14-15H2,1-3H3. The van der Waals surface area contributed by atoms with Gasteiger partial charge in [0, 0.05) is 18.8 Å². The van der Waals surface area contributed by atoms with Gasteiger partial charge >= 0.3 is 0 Å². The maximum absolute atomic E-state index is 3.50. The minimum atomic E-state index is 1.01. The van der Waals surface area contributed by atoms with E-state index in [1.165, 1.54) is 49.8 Å². The van der Waals surface area contributed by atoms with E-state index < -0.39 is 0 Å². The molecule has 2 nitrogen and oxygen atoms in total. The smallest absolute Gasteiger partial charge is 0.0340 e. The van der Waals surface area contributed by atoms with Crippen molar-refractivity contribution >= 4 is 5.69 Å². The first-order valence-corrected chi connectivity index (χ1v) is 7.70. The summed E-state index contributed by atoms with van der Waals surface area (Å²) in [5, 5.41) is 3.50. The summed E-state index contributed by atoms with van der Waals surface area (Å²) in [4.78, 5) is 2.19. The van der Waals surface area contributed by atoms with Gasteiger partial charge in [-0.25, -0.2) is 0 Å². The van der Waals surface area contributed by atoms with Crippen molar-refractivity contribution in [1.82, 2.24) is 4.90 Å². The molecule has 0 heterocycles. The molecule has 1 N–H and O–H groups in total. The molecule has 0 atom stereocenters. The van der Waals surface area contributed by atoms with Crippen LogP contribution in [0.3, 0.4) is 0 Å². The summed E-state index contributed by atoms with van der Waals surface area (Å²) in [6, 6.07) is 8.80. The molecule has 0 amide bonds. The summed E-state index contributed by atoms with van der Waals surface area (Å²) in [6.07, 6.45) is 8.14. The summed E-state index contributed by atoms with van der Waals surface area (Å²) in [5.74, 6) is 0. The zero-order chi connectivity index (χ0) is 13.9. The molecule has 0 saturated carbocycles. The van der Waals surface area contributed by atoms with Crippen LogP contribution < -0.4 is 5.32 Å². The maximum Gasteiger partial charge on any atom is 0.0340 e. The molecule has 1 aromatic carbocycles. The van der Waals surface area contributed by atoms with Gasteiger partial charge < -0.3 is 10.2 Å². The summed E-state index contributed by atoms with van der Waals surface area (Å²) in [5.41, 5.74) is 2.62. The Balaban J connectivity index is 2.12. The van der Waals surface area contributed by atoms with Crippen molar-refractivity contribution in [1.29, 1.82) is 0 Å². The van der Waals surface area contributed by atoms with E-state index in [0.29, 0.717) is 0 Å². The molecular formula is C17H30N2. The Hall–Kier alpha value is -1.02. The predicted molar refractivity (Wildman–Crippen MR) is 85.7 cm³/mol. The molecule has 1 aromatic rings. The van der Waals surface area contributed by atoms with Gasteiger partial charge in [0.2, 0.25) is 0 Å². The lowest BCUT2D eigenvalue weighted by molar-refractivity contribution is 0.402. The third kappa shape index (κ3) is 7.89. The molecule has 0 aliphatic heterocycles. The zero-order valence-corrected chi connectivity index (χ0v) is 12.9. The number of hydrogen-bond donors (Lipinski definition) is 1. The largest absolute Gasteiger partial charge is 0.385 e. The van der Waals surface area contributed by atoms with Crippen LogP contribution >= 0.6 is 0 Å². The fourth-order valence-corrected chi connectivity index (χ4v) is 2.23. The van der Waals surface area contributed by atoms with Crippen molar-refractivity contribution in [3.8, 4) is 0 Å². The Kier molecular flexibility index (Phi) is 8.31. The van der Waals surface area contributed by atoms with Crippen molar-refractivity contribution in [3.05, 3.63) is 29.8 Å². The molecule has 108 valence electrons. The Bertz CT molecular complexity index is 317. The van der Waals surface area contributed by atoms with E-state index in [-0.39, 0.29) is 0 Å². The highest BCUT2D eigenvalue weighted by Gasteiger charge is 1.96. The molecule has 1 rings (SSSR count). The van der Waals surface area contributed by atoms with Crippen molar-refractivity contribution in [3.63, 3.8) is 0 Å². The van der Waals surface area contributed by atoms with Crippen LogP contribution in [0.15, 0.2) is 24.3 Å². The second kappa shape index (κ2) is 9.85. The van der Waals surface area contributed by atoms with E-state index in [9.17, 15) is 0 Å². The quantitative estimate of drug-likeness (QED) is 0.624. The van der Waals surface area contributed by atoms with E-state index in [1.807, 2.05) is 0 Å². The average molecular weight is 262 g/mol. The van der Waals surface area contributed by atoms with Gasteiger partial charge in [-0.2, -0.15) is 0 Å². The van der Waals surface area contributed by atoms with Crippen LogP contribution in [0, 0.1) is 0 Å². The van der Waals surface area contributed by atoms with Crippen LogP contribution in [0.1, 0.15) is 51.0 Å². The lowest BCUT2D eigenvalue weighted by atomic mass is 10.1. The summed E-state index contributed by atoms with van der Waals surface area (Å²) in [6.45, 7) is 4.37. The summed E-state index contributed by atoms with van der Waals surface area (Å²) in [7, 11) is 4.20. The maximum atomic E-state index is 3.50. The van der Waals surface area contributed by atoms with E-state index in [0.717, 1.165) is 13.1 Å². The van der Waals surface area contributed by atoms with Gasteiger partial charge in [0.15, 0.2) is 0 Å². The van der Waals surface area contributed by atoms with Gasteiger partial charge in [0.1, 0.15) is 0 Å². The molecule has 0 radical (unpaired) electrons. The molecule has 0 unspecified atom stereocenters. The first-order valence-electron chi connectivity index (χ1n) is 7.70. The van der Waals surface area contributed by atoms with Crippen LogP contribution in [0.2, 0.25) is 0 Å². The minimum Gasteiger partial charge on any atom is -0.385 e. The highest BCUT2D eigenvalue weighted by atomic mass is 15.0.